The second-order valence-electron chi connectivity index (χ2n) is 18.2. The van der Waals surface area contributed by atoms with Crippen molar-refractivity contribution < 1.29 is 52.5 Å². The quantitative estimate of drug-likeness (QED) is 0.0952. The minimum Gasteiger partial charge on any atom is -0.484 e. The molecule has 5 N–H and O–H groups in total. The van der Waals surface area contributed by atoms with Crippen molar-refractivity contribution in [3.63, 3.8) is 0 Å². The number of methoxy groups -OCH3 is 1. The fraction of sp³-hybridized carbons (Fsp3) is 0.469. The summed E-state index contributed by atoms with van der Waals surface area (Å²) in [6.07, 6.45) is 1.91. The average molecular weight is 938 g/mol. The van der Waals surface area contributed by atoms with Crippen molar-refractivity contribution in [2.24, 2.45) is 5.92 Å². The van der Waals surface area contributed by atoms with Crippen molar-refractivity contribution in [2.75, 3.05) is 32.2 Å². The van der Waals surface area contributed by atoms with Gasteiger partial charge in [0, 0.05) is 48.3 Å². The number of nitrogens with zero attached hydrogens (tertiary/aromatic N) is 3. The fourth-order valence-electron chi connectivity index (χ4n) is 9.76. The molecule has 1 aliphatic carbocycles. The van der Waals surface area contributed by atoms with Gasteiger partial charge in [0.05, 0.1) is 41.7 Å². The Labute approximate surface area is 391 Å². The topological polar surface area (TPSA) is 237 Å². The molecule has 0 radical (unpaired) electrons. The van der Waals surface area contributed by atoms with Crippen LogP contribution in [0.4, 0.5) is 10.1 Å². The molecule has 2 aromatic carbocycles. The molecule has 0 bridgehead atoms. The number of benzene rings is 2. The van der Waals surface area contributed by atoms with E-state index in [9.17, 15) is 38.7 Å². The van der Waals surface area contributed by atoms with E-state index in [1.165, 1.54) is 29.6 Å². The second kappa shape index (κ2) is 19.1. The van der Waals surface area contributed by atoms with Crippen molar-refractivity contribution in [1.29, 1.82) is 0 Å². The highest BCUT2D eigenvalue weighted by molar-refractivity contribution is 5.98. The first-order valence-corrected chi connectivity index (χ1v) is 23.0. The summed E-state index contributed by atoms with van der Waals surface area (Å²) in [7, 11) is 1.48. The number of rotatable bonds is 15. The molecule has 360 valence electrons. The maximum absolute atomic E-state index is 15.5. The molecule has 1 fully saturated rings. The number of aryl methyl sites for hydroxylation is 1. The van der Waals surface area contributed by atoms with Gasteiger partial charge in [-0.3, -0.25) is 28.8 Å². The lowest BCUT2D eigenvalue weighted by atomic mass is 9.81. The highest BCUT2D eigenvalue weighted by Crippen LogP contribution is 2.46. The summed E-state index contributed by atoms with van der Waals surface area (Å²) < 4.78 is 33.0. The number of halogens is 1. The first-order chi connectivity index (χ1) is 32.4. The molecule has 0 saturated carbocycles. The van der Waals surface area contributed by atoms with Gasteiger partial charge in [-0.1, -0.05) is 20.8 Å². The van der Waals surface area contributed by atoms with Crippen LogP contribution in [0.2, 0.25) is 0 Å². The summed E-state index contributed by atoms with van der Waals surface area (Å²) in [4.78, 5) is 99.3. The SMILES string of the molecule is CC[C@@]1(O)C(=O)OCc2c1cc1n(c2=O)Cc2c-1nc1cc(F)c(C)c3c1c2[C@@H](NC(=O)[C@@H]1CCCN1C(=O)COc1ccc(NC(=O)[C@H](C)NC(=O)[C@@H](NC(=O)CCOC)C(C)C)cc1)CC3. The number of nitrogens with one attached hydrogen (secondary N) is 4. The molecule has 0 unspecified atom stereocenters. The average Bonchev–Trinajstić information content (AvgIpc) is 3.96. The van der Waals surface area contributed by atoms with E-state index in [1.807, 2.05) is 0 Å². The number of cyclic esters (lactones) is 1. The van der Waals surface area contributed by atoms with Gasteiger partial charge in [-0.05, 0) is 98.9 Å². The van der Waals surface area contributed by atoms with E-state index < -0.39 is 64.8 Å². The van der Waals surface area contributed by atoms with Crippen molar-refractivity contribution in [1.82, 2.24) is 30.4 Å². The molecule has 2 aromatic heterocycles. The molecule has 5 amide bonds. The molecule has 1 saturated heterocycles. The number of ether oxygens (including phenoxy) is 3. The fourth-order valence-corrected chi connectivity index (χ4v) is 9.76. The van der Waals surface area contributed by atoms with Crippen molar-refractivity contribution >= 4 is 52.1 Å². The molecule has 5 atom stereocenters. The highest BCUT2D eigenvalue weighted by atomic mass is 19.1. The molecular formula is C49H56FN7O11. The zero-order valence-electron chi connectivity index (χ0n) is 38.9. The molecule has 19 heteroatoms. The number of likely N-dealkylation sites (tertiary alicyclic amines) is 1. The Morgan fingerprint density at radius 3 is 2.47 bits per heavy atom. The Balaban J connectivity index is 0.933. The molecule has 68 heavy (non-hydrogen) atoms. The molecule has 0 spiro atoms. The Bertz CT molecular complexity index is 2790. The van der Waals surface area contributed by atoms with Gasteiger partial charge in [0.15, 0.2) is 12.2 Å². The third kappa shape index (κ3) is 8.79. The van der Waals surface area contributed by atoms with Gasteiger partial charge < -0.3 is 50.1 Å². The zero-order valence-corrected chi connectivity index (χ0v) is 38.9. The minimum atomic E-state index is -2.03. The maximum Gasteiger partial charge on any atom is 0.343 e. The van der Waals surface area contributed by atoms with Crippen molar-refractivity contribution in [3.8, 4) is 17.1 Å². The lowest BCUT2D eigenvalue weighted by molar-refractivity contribution is -0.172. The lowest BCUT2D eigenvalue weighted by Crippen LogP contribution is -2.53. The van der Waals surface area contributed by atoms with Crippen LogP contribution in [0.5, 0.6) is 5.75 Å². The number of aromatic nitrogens is 2. The van der Waals surface area contributed by atoms with Crippen molar-refractivity contribution in [3.05, 3.63) is 85.9 Å². The number of hydrogen-bond acceptors (Lipinski definition) is 12. The van der Waals surface area contributed by atoms with E-state index in [1.54, 1.807) is 58.0 Å². The number of esters is 1. The summed E-state index contributed by atoms with van der Waals surface area (Å²) in [5.74, 6) is -3.29. The van der Waals surface area contributed by atoms with E-state index in [4.69, 9.17) is 19.2 Å². The first kappa shape index (κ1) is 47.8. The number of hydrogen-bond donors (Lipinski definition) is 5. The van der Waals surface area contributed by atoms with Gasteiger partial charge in [-0.15, -0.1) is 0 Å². The van der Waals surface area contributed by atoms with Crippen LogP contribution in [0.3, 0.4) is 0 Å². The highest BCUT2D eigenvalue weighted by Gasteiger charge is 2.46. The van der Waals surface area contributed by atoms with Crippen LogP contribution in [0.15, 0.2) is 41.2 Å². The van der Waals surface area contributed by atoms with Gasteiger partial charge in [0.1, 0.15) is 36.3 Å². The van der Waals surface area contributed by atoms with Crippen LogP contribution in [0.25, 0.3) is 22.3 Å². The Morgan fingerprint density at radius 2 is 1.76 bits per heavy atom. The number of pyridine rings is 2. The van der Waals surface area contributed by atoms with Crippen LogP contribution in [-0.4, -0.2) is 100 Å². The third-order valence-corrected chi connectivity index (χ3v) is 13.6. The second-order valence-corrected chi connectivity index (χ2v) is 18.2. The van der Waals surface area contributed by atoms with Gasteiger partial charge >= 0.3 is 5.97 Å². The van der Waals surface area contributed by atoms with Crippen LogP contribution in [-0.2, 0) is 63.4 Å². The van der Waals surface area contributed by atoms with Gasteiger partial charge in [-0.2, -0.15) is 0 Å². The smallest absolute Gasteiger partial charge is 0.343 e. The first-order valence-electron chi connectivity index (χ1n) is 23.0. The van der Waals surface area contributed by atoms with E-state index in [0.29, 0.717) is 82.6 Å². The minimum absolute atomic E-state index is 0.0284. The van der Waals surface area contributed by atoms with Crippen LogP contribution < -0.4 is 31.6 Å². The summed E-state index contributed by atoms with van der Waals surface area (Å²) in [5.41, 5.74) is 1.96. The number of carbonyl (C=O) groups is 6. The normalized spacial score (nSPS) is 19.9. The Morgan fingerprint density at radius 1 is 1.01 bits per heavy atom. The zero-order chi connectivity index (χ0) is 48.8. The number of aliphatic hydroxyl groups is 1. The predicted molar refractivity (Wildman–Crippen MR) is 245 cm³/mol. The third-order valence-electron chi connectivity index (χ3n) is 13.6. The van der Waals surface area contributed by atoms with Crippen molar-refractivity contribution in [2.45, 2.75) is 116 Å². The van der Waals surface area contributed by atoms with E-state index >= 15 is 4.39 Å². The summed E-state index contributed by atoms with van der Waals surface area (Å²) >= 11 is 0. The maximum atomic E-state index is 15.5. The molecule has 3 aliphatic heterocycles. The van der Waals surface area contributed by atoms with Crippen LogP contribution >= 0.6 is 0 Å². The van der Waals surface area contributed by atoms with Gasteiger partial charge in [0.25, 0.3) is 11.5 Å². The predicted octanol–water partition coefficient (Wildman–Crippen LogP) is 3.32. The monoisotopic (exact) mass is 937 g/mol. The molecular weight excluding hydrogens is 882 g/mol. The van der Waals surface area contributed by atoms with E-state index in [-0.39, 0.29) is 68.1 Å². The summed E-state index contributed by atoms with van der Waals surface area (Å²) in [6.45, 7) is 8.39. The summed E-state index contributed by atoms with van der Waals surface area (Å²) in [6, 6.07) is 6.10. The number of fused-ring (bicyclic) bond motifs is 5. The van der Waals surface area contributed by atoms with Gasteiger partial charge in [0.2, 0.25) is 23.6 Å². The standard InChI is InChI=1S/C49H56FN7O11/c1-7-49(65)32-19-37-43-30(21-57(37)47(63)31(32)22-68-48(49)64)41-34(15-14-29-25(4)33(50)20-35(53-43)40(29)41)54-45(61)36-9-8-17-56(36)39(59)23-67-28-12-10-27(11-13-28)52-44(60)26(5)51-46(62)42(24(2)3)55-38(58)16-18-66-6/h10-13,19-20,24,26,34,36,42,65H,7-9,14-18,21-23H2,1-6H3,(H,51,62)(H,52,60)(H,54,61)(H,55,58)/t26-,34-,36-,42-,49-/m0/s1. The van der Waals surface area contributed by atoms with Crippen LogP contribution in [0.1, 0.15) is 99.2 Å². The van der Waals surface area contributed by atoms with Gasteiger partial charge in [-0.25, -0.2) is 14.2 Å². The molecule has 4 aliphatic rings. The summed E-state index contributed by atoms with van der Waals surface area (Å²) in [5, 5.41) is 23.4. The van der Waals surface area contributed by atoms with E-state index in [2.05, 4.69) is 21.3 Å². The number of carbonyl (C=O) groups excluding carboxylic acids is 6. The molecule has 18 nitrogen and oxygen atoms in total. The number of anilines is 1. The lowest BCUT2D eigenvalue weighted by Gasteiger charge is -2.32. The van der Waals surface area contributed by atoms with Crippen LogP contribution in [0, 0.1) is 18.7 Å². The molecule has 4 aromatic rings. The largest absolute Gasteiger partial charge is 0.484 e. The van der Waals surface area contributed by atoms with E-state index in [0.717, 1.165) is 5.56 Å². The molecule has 8 rings (SSSR count). The Kier molecular flexibility index (Phi) is 13.4. The Hall–Kier alpha value is -6.73. The molecule has 5 heterocycles. The number of amides is 5.